The van der Waals surface area contributed by atoms with Gasteiger partial charge in [0.15, 0.2) is 5.69 Å². The summed E-state index contributed by atoms with van der Waals surface area (Å²) in [4.78, 5) is 12.5. The highest BCUT2D eigenvalue weighted by Gasteiger charge is 2.22. The zero-order chi connectivity index (χ0) is 18.0. The molecule has 3 N–H and O–H groups in total. The highest BCUT2D eigenvalue weighted by Crippen LogP contribution is 2.15. The van der Waals surface area contributed by atoms with Gasteiger partial charge >= 0.3 is 0 Å². The maximum absolute atomic E-state index is 12.5. The van der Waals surface area contributed by atoms with Crippen LogP contribution in [0.25, 0.3) is 5.82 Å². The van der Waals surface area contributed by atoms with Crippen LogP contribution in [0.3, 0.4) is 0 Å². The number of anilines is 1. The van der Waals surface area contributed by atoms with Crippen molar-refractivity contribution in [2.75, 3.05) is 5.73 Å². The van der Waals surface area contributed by atoms with E-state index in [1.807, 2.05) is 0 Å². The molecule has 10 nitrogen and oxygen atoms in total. The SMILES string of the molecule is CC(=NNC(=O)c1c(C)nnn1-c1nonc1N)c1ccc(Cl)cc1. The Morgan fingerprint density at radius 2 is 2.04 bits per heavy atom. The van der Waals surface area contributed by atoms with Crippen LogP contribution in [0.2, 0.25) is 5.02 Å². The number of hydrogen-bond acceptors (Lipinski definition) is 8. The molecule has 2 aromatic heterocycles. The number of carbonyl (C=O) groups is 1. The molecule has 0 unspecified atom stereocenters. The minimum atomic E-state index is -0.529. The Hall–Kier alpha value is -3.27. The fourth-order valence-corrected chi connectivity index (χ4v) is 2.17. The number of amides is 1. The topological polar surface area (TPSA) is 137 Å². The smallest absolute Gasteiger partial charge is 0.292 e. The van der Waals surface area contributed by atoms with Gasteiger partial charge in [0.2, 0.25) is 11.6 Å². The molecular weight excluding hydrogens is 348 g/mol. The first-order chi connectivity index (χ1) is 12.0. The molecular formula is C14H13ClN8O2. The van der Waals surface area contributed by atoms with Gasteiger partial charge in [0.1, 0.15) is 0 Å². The summed E-state index contributed by atoms with van der Waals surface area (Å²) in [5, 5.41) is 19.5. The Bertz CT molecular complexity index is 944. The summed E-state index contributed by atoms with van der Waals surface area (Å²) in [5.74, 6) is -0.470. The molecule has 1 amide bonds. The molecule has 0 spiro atoms. The van der Waals surface area contributed by atoms with Crippen molar-refractivity contribution >= 4 is 29.0 Å². The average Bonchev–Trinajstić information content (AvgIpc) is 3.18. The number of aromatic nitrogens is 5. The molecule has 0 aliphatic carbocycles. The van der Waals surface area contributed by atoms with Gasteiger partial charge in [-0.05, 0) is 41.9 Å². The summed E-state index contributed by atoms with van der Waals surface area (Å²) < 4.78 is 5.67. The molecule has 11 heteroatoms. The zero-order valence-electron chi connectivity index (χ0n) is 13.3. The Balaban J connectivity index is 1.85. The summed E-state index contributed by atoms with van der Waals surface area (Å²) in [6, 6.07) is 7.07. The minimum Gasteiger partial charge on any atom is -0.378 e. The molecule has 3 aromatic rings. The van der Waals surface area contributed by atoms with E-state index in [2.05, 4.69) is 35.8 Å². The highest BCUT2D eigenvalue weighted by molar-refractivity contribution is 6.30. The first kappa shape index (κ1) is 16.6. The number of hydrogen-bond donors (Lipinski definition) is 2. The first-order valence-electron chi connectivity index (χ1n) is 7.08. The molecule has 0 fully saturated rings. The number of halogens is 1. The van der Waals surface area contributed by atoms with E-state index in [0.717, 1.165) is 10.2 Å². The van der Waals surface area contributed by atoms with Crippen LogP contribution < -0.4 is 11.2 Å². The van der Waals surface area contributed by atoms with Crippen molar-refractivity contribution in [1.29, 1.82) is 0 Å². The summed E-state index contributed by atoms with van der Waals surface area (Å²) in [5.41, 5.74) is 10.0. The van der Waals surface area contributed by atoms with Crippen LogP contribution in [0.4, 0.5) is 5.82 Å². The number of benzene rings is 1. The summed E-state index contributed by atoms with van der Waals surface area (Å²) in [6.07, 6.45) is 0. The maximum atomic E-state index is 12.5. The molecule has 1 aromatic carbocycles. The van der Waals surface area contributed by atoms with Crippen LogP contribution in [0.1, 0.15) is 28.7 Å². The molecule has 0 aliphatic rings. The third-order valence-corrected chi connectivity index (χ3v) is 3.59. The Morgan fingerprint density at radius 3 is 2.68 bits per heavy atom. The van der Waals surface area contributed by atoms with Crippen molar-refractivity contribution in [1.82, 2.24) is 30.7 Å². The number of nitrogen functional groups attached to an aromatic ring is 1. The third-order valence-electron chi connectivity index (χ3n) is 3.34. The van der Waals surface area contributed by atoms with Crippen molar-refractivity contribution in [3.63, 3.8) is 0 Å². The van der Waals surface area contributed by atoms with E-state index in [4.69, 9.17) is 17.3 Å². The van der Waals surface area contributed by atoms with Crippen LogP contribution in [-0.4, -0.2) is 36.9 Å². The number of carbonyl (C=O) groups excluding carboxylic acids is 1. The number of nitrogens with two attached hydrogens (primary N) is 1. The molecule has 3 rings (SSSR count). The maximum Gasteiger partial charge on any atom is 0.292 e. The standard InChI is InChI=1S/C14H13ClN8O2/c1-7(9-3-5-10(15)6-4-9)17-19-14(24)11-8(2)18-22-23(11)13-12(16)20-25-21-13/h3-6H,1-2H3,(H2,16,20)(H,19,24). The molecule has 0 radical (unpaired) electrons. The zero-order valence-corrected chi connectivity index (χ0v) is 14.0. The molecule has 0 bridgehead atoms. The van der Waals surface area contributed by atoms with Gasteiger partial charge in [-0.25, -0.2) is 10.1 Å². The lowest BCUT2D eigenvalue weighted by molar-refractivity contribution is 0.0946. The molecule has 2 heterocycles. The van der Waals surface area contributed by atoms with Crippen molar-refractivity contribution in [3.05, 3.63) is 46.2 Å². The second kappa shape index (κ2) is 6.69. The summed E-state index contributed by atoms with van der Waals surface area (Å²) >= 11 is 5.85. The Kier molecular flexibility index (Phi) is 4.44. The van der Waals surface area contributed by atoms with Gasteiger partial charge in [0.25, 0.3) is 5.91 Å². The minimum absolute atomic E-state index is 0.0141. The van der Waals surface area contributed by atoms with Gasteiger partial charge in [-0.1, -0.05) is 28.9 Å². The fraction of sp³-hybridized carbons (Fsp3) is 0.143. The van der Waals surface area contributed by atoms with Crippen LogP contribution in [0.5, 0.6) is 0 Å². The quantitative estimate of drug-likeness (QED) is 0.529. The van der Waals surface area contributed by atoms with Crippen LogP contribution in [0.15, 0.2) is 34.0 Å². The van der Waals surface area contributed by atoms with Crippen molar-refractivity contribution in [3.8, 4) is 5.82 Å². The van der Waals surface area contributed by atoms with E-state index in [1.165, 1.54) is 0 Å². The van der Waals surface area contributed by atoms with E-state index >= 15 is 0 Å². The number of nitrogens with one attached hydrogen (secondary N) is 1. The fourth-order valence-electron chi connectivity index (χ4n) is 2.05. The lowest BCUT2D eigenvalue weighted by Crippen LogP contribution is -2.23. The normalized spacial score (nSPS) is 11.6. The molecule has 0 saturated heterocycles. The predicted octanol–water partition coefficient (Wildman–Crippen LogP) is 1.35. The Morgan fingerprint density at radius 1 is 1.32 bits per heavy atom. The predicted molar refractivity (Wildman–Crippen MR) is 89.5 cm³/mol. The number of rotatable bonds is 4. The summed E-state index contributed by atoms with van der Waals surface area (Å²) in [6.45, 7) is 3.38. The van der Waals surface area contributed by atoms with E-state index in [9.17, 15) is 4.79 Å². The van der Waals surface area contributed by atoms with E-state index < -0.39 is 5.91 Å². The summed E-state index contributed by atoms with van der Waals surface area (Å²) in [7, 11) is 0. The second-order valence-electron chi connectivity index (χ2n) is 5.05. The van der Waals surface area contributed by atoms with Gasteiger partial charge < -0.3 is 5.73 Å². The van der Waals surface area contributed by atoms with Crippen LogP contribution in [0, 0.1) is 6.92 Å². The second-order valence-corrected chi connectivity index (χ2v) is 5.49. The average molecular weight is 361 g/mol. The van der Waals surface area contributed by atoms with Gasteiger partial charge in [-0.3, -0.25) is 4.79 Å². The number of hydrazone groups is 1. The molecule has 0 saturated carbocycles. The number of aryl methyl sites for hydroxylation is 1. The molecule has 0 aliphatic heterocycles. The third kappa shape index (κ3) is 3.33. The van der Waals surface area contributed by atoms with E-state index in [0.29, 0.717) is 16.4 Å². The van der Waals surface area contributed by atoms with E-state index in [-0.39, 0.29) is 17.3 Å². The molecule has 128 valence electrons. The van der Waals surface area contributed by atoms with Gasteiger partial charge in [0, 0.05) is 5.02 Å². The monoisotopic (exact) mass is 360 g/mol. The lowest BCUT2D eigenvalue weighted by Gasteiger charge is -2.05. The van der Waals surface area contributed by atoms with Gasteiger partial charge in [-0.15, -0.1) is 5.10 Å². The van der Waals surface area contributed by atoms with Crippen molar-refractivity contribution in [2.24, 2.45) is 5.10 Å². The van der Waals surface area contributed by atoms with Crippen molar-refractivity contribution in [2.45, 2.75) is 13.8 Å². The van der Waals surface area contributed by atoms with Gasteiger partial charge in [0.05, 0.1) is 11.4 Å². The number of nitrogens with zero attached hydrogens (tertiary/aromatic N) is 6. The molecule has 25 heavy (non-hydrogen) atoms. The van der Waals surface area contributed by atoms with Crippen molar-refractivity contribution < 1.29 is 9.42 Å². The first-order valence-corrected chi connectivity index (χ1v) is 7.46. The largest absolute Gasteiger partial charge is 0.378 e. The van der Waals surface area contributed by atoms with E-state index in [1.54, 1.807) is 38.1 Å². The highest BCUT2D eigenvalue weighted by atomic mass is 35.5. The Labute approximate surface area is 146 Å². The van der Waals surface area contributed by atoms with Gasteiger partial charge in [-0.2, -0.15) is 9.78 Å². The molecule has 0 atom stereocenters. The lowest BCUT2D eigenvalue weighted by atomic mass is 10.1. The van der Waals surface area contributed by atoms with Crippen LogP contribution >= 0.6 is 11.6 Å². The van der Waals surface area contributed by atoms with Crippen LogP contribution in [-0.2, 0) is 0 Å².